The van der Waals surface area contributed by atoms with Crippen molar-refractivity contribution in [1.82, 2.24) is 0 Å². The van der Waals surface area contributed by atoms with Crippen molar-refractivity contribution < 1.29 is 0 Å². The summed E-state index contributed by atoms with van der Waals surface area (Å²) in [5, 5.41) is 13.6. The van der Waals surface area contributed by atoms with Crippen molar-refractivity contribution >= 4 is 60.2 Å². The highest BCUT2D eigenvalue weighted by Crippen LogP contribution is 2.39. The molecule has 0 unspecified atom stereocenters. The van der Waals surface area contributed by atoms with Crippen molar-refractivity contribution in [3.63, 3.8) is 0 Å². The zero-order chi connectivity index (χ0) is 23.6. The minimum atomic E-state index is 0.193. The van der Waals surface area contributed by atoms with Crippen LogP contribution in [0.2, 0.25) is 0 Å². The number of thiophene rings is 1. The molecule has 166 valence electrons. The Morgan fingerprint density at radius 1 is 0.629 bits per heavy atom. The summed E-state index contributed by atoms with van der Waals surface area (Å²) in [6.45, 7) is 0. The van der Waals surface area contributed by atoms with Crippen LogP contribution in [0, 0.1) is 5.41 Å². The molecule has 0 aliphatic carbocycles. The fourth-order valence-corrected chi connectivity index (χ4v) is 5.51. The molecule has 0 aliphatic heterocycles. The van der Waals surface area contributed by atoms with E-state index in [1.165, 1.54) is 20.2 Å². The van der Waals surface area contributed by atoms with E-state index in [1.54, 1.807) is 17.6 Å². The van der Waals surface area contributed by atoms with E-state index in [0.29, 0.717) is 5.84 Å². The lowest BCUT2D eigenvalue weighted by Gasteiger charge is -2.08. The lowest BCUT2D eigenvalue weighted by atomic mass is 9.99. The molecule has 0 saturated heterocycles. The minimum Gasteiger partial charge on any atom is -0.282 e. The first-order chi connectivity index (χ1) is 17.3. The van der Waals surface area contributed by atoms with Crippen LogP contribution in [-0.4, -0.2) is 17.9 Å². The summed E-state index contributed by atoms with van der Waals surface area (Å²) in [6.07, 6.45) is 1.79. The Hall–Kier alpha value is -4.41. The maximum absolute atomic E-state index is 8.95. The fourth-order valence-electron chi connectivity index (χ4n) is 4.38. The second-order valence-corrected chi connectivity index (χ2v) is 9.34. The predicted molar refractivity (Wildman–Crippen MR) is 151 cm³/mol. The summed E-state index contributed by atoms with van der Waals surface area (Å²) < 4.78 is 2.53. The smallest absolute Gasteiger partial charge is 0.161 e. The number of amidine groups is 2. The molecule has 0 bridgehead atoms. The SMILES string of the molecule is N=C(N=C(N=Cc1ccccc1)c1ccccc1)c1cccc2c1ccc1sc3ccccc3c12. The molecule has 1 heterocycles. The molecule has 6 aromatic rings. The first-order valence-electron chi connectivity index (χ1n) is 11.4. The van der Waals surface area contributed by atoms with Gasteiger partial charge >= 0.3 is 0 Å². The number of hydrogen-bond acceptors (Lipinski definition) is 2. The predicted octanol–water partition coefficient (Wildman–Crippen LogP) is 8.10. The molecule has 6 rings (SSSR count). The first-order valence-corrected chi connectivity index (χ1v) is 12.2. The molecule has 0 radical (unpaired) electrons. The highest BCUT2D eigenvalue weighted by Gasteiger charge is 2.13. The topological polar surface area (TPSA) is 48.6 Å². The number of benzene rings is 5. The van der Waals surface area contributed by atoms with Gasteiger partial charge in [-0.1, -0.05) is 103 Å². The van der Waals surface area contributed by atoms with Gasteiger partial charge in [0.2, 0.25) is 0 Å². The Morgan fingerprint density at radius 2 is 1.34 bits per heavy atom. The third kappa shape index (κ3) is 4.05. The Morgan fingerprint density at radius 3 is 2.17 bits per heavy atom. The summed E-state index contributed by atoms with van der Waals surface area (Å²) in [6, 6.07) is 38.7. The van der Waals surface area contributed by atoms with E-state index in [2.05, 4.69) is 47.5 Å². The van der Waals surface area contributed by atoms with Gasteiger partial charge in [0.05, 0.1) is 0 Å². The maximum Gasteiger partial charge on any atom is 0.161 e. The molecule has 35 heavy (non-hydrogen) atoms. The zero-order valence-corrected chi connectivity index (χ0v) is 19.7. The lowest BCUT2D eigenvalue weighted by Crippen LogP contribution is -2.05. The van der Waals surface area contributed by atoms with Crippen molar-refractivity contribution in [2.24, 2.45) is 9.98 Å². The number of hydrogen-bond donors (Lipinski definition) is 1. The summed E-state index contributed by atoms with van der Waals surface area (Å²) >= 11 is 1.80. The molecule has 0 amide bonds. The molecule has 0 saturated carbocycles. The van der Waals surface area contributed by atoms with Crippen LogP contribution in [0.25, 0.3) is 30.9 Å². The standard InChI is InChI=1S/C31H21N3S/c32-30(34-31(22-12-5-2-6-13-22)33-20-21-10-3-1-4-11-21)25-16-9-15-24-23(25)18-19-28-29(24)26-14-7-8-17-27(26)35-28/h1-20,32H. The third-order valence-corrected chi connectivity index (χ3v) is 7.18. The number of aliphatic imine (C=N–C) groups is 2. The van der Waals surface area contributed by atoms with Crippen LogP contribution < -0.4 is 0 Å². The number of fused-ring (bicyclic) bond motifs is 5. The van der Waals surface area contributed by atoms with E-state index < -0.39 is 0 Å². The van der Waals surface area contributed by atoms with E-state index >= 15 is 0 Å². The largest absolute Gasteiger partial charge is 0.282 e. The second kappa shape index (κ2) is 9.09. The van der Waals surface area contributed by atoms with Crippen molar-refractivity contribution in [2.45, 2.75) is 0 Å². The summed E-state index contributed by atoms with van der Waals surface area (Å²) in [5.41, 5.74) is 2.65. The van der Waals surface area contributed by atoms with E-state index in [4.69, 9.17) is 10.4 Å². The number of nitrogens with one attached hydrogen (secondary N) is 1. The molecule has 0 aliphatic rings. The molecule has 1 aromatic heterocycles. The van der Waals surface area contributed by atoms with Crippen LogP contribution in [0.5, 0.6) is 0 Å². The van der Waals surface area contributed by atoms with Gasteiger partial charge in [-0.25, -0.2) is 9.98 Å². The van der Waals surface area contributed by atoms with Gasteiger partial charge in [-0.15, -0.1) is 11.3 Å². The van der Waals surface area contributed by atoms with Crippen LogP contribution in [0.1, 0.15) is 16.7 Å². The van der Waals surface area contributed by atoms with Gasteiger partial charge in [0.25, 0.3) is 0 Å². The Labute approximate surface area is 207 Å². The minimum absolute atomic E-state index is 0.193. The molecular formula is C31H21N3S. The molecule has 0 fully saturated rings. The summed E-state index contributed by atoms with van der Waals surface area (Å²) in [4.78, 5) is 9.40. The zero-order valence-electron chi connectivity index (χ0n) is 18.8. The molecule has 0 spiro atoms. The monoisotopic (exact) mass is 467 g/mol. The van der Waals surface area contributed by atoms with Gasteiger partial charge in [0, 0.05) is 37.5 Å². The van der Waals surface area contributed by atoms with E-state index in [1.807, 2.05) is 72.8 Å². The van der Waals surface area contributed by atoms with Crippen molar-refractivity contribution in [3.05, 3.63) is 132 Å². The van der Waals surface area contributed by atoms with Gasteiger partial charge in [0.15, 0.2) is 11.7 Å². The van der Waals surface area contributed by atoms with Gasteiger partial charge in [0.1, 0.15) is 0 Å². The van der Waals surface area contributed by atoms with Gasteiger partial charge in [-0.05, 0) is 28.5 Å². The van der Waals surface area contributed by atoms with Gasteiger partial charge < -0.3 is 0 Å². The molecule has 5 aromatic carbocycles. The molecule has 3 nitrogen and oxygen atoms in total. The Kier molecular flexibility index (Phi) is 5.49. The van der Waals surface area contributed by atoms with Crippen molar-refractivity contribution in [3.8, 4) is 0 Å². The fraction of sp³-hybridized carbons (Fsp3) is 0. The van der Waals surface area contributed by atoms with Crippen LogP contribution in [-0.2, 0) is 0 Å². The molecule has 0 atom stereocenters. The Bertz CT molecular complexity index is 1750. The van der Waals surface area contributed by atoms with Crippen LogP contribution in [0.15, 0.2) is 125 Å². The molecule has 4 heteroatoms. The summed E-state index contributed by atoms with van der Waals surface area (Å²) in [5.74, 6) is 0.706. The maximum atomic E-state index is 8.95. The summed E-state index contributed by atoms with van der Waals surface area (Å²) in [7, 11) is 0. The molecule has 1 N–H and O–H groups in total. The molecular weight excluding hydrogens is 446 g/mol. The lowest BCUT2D eigenvalue weighted by molar-refractivity contribution is 1.41. The average Bonchev–Trinajstić information content (AvgIpc) is 3.31. The van der Waals surface area contributed by atoms with Crippen molar-refractivity contribution in [2.75, 3.05) is 0 Å². The first kappa shape index (κ1) is 21.1. The van der Waals surface area contributed by atoms with Crippen LogP contribution >= 0.6 is 11.3 Å². The van der Waals surface area contributed by atoms with Crippen LogP contribution in [0.3, 0.4) is 0 Å². The average molecular weight is 468 g/mol. The highest BCUT2D eigenvalue weighted by atomic mass is 32.1. The Balaban J connectivity index is 1.49. The van der Waals surface area contributed by atoms with E-state index in [-0.39, 0.29) is 5.84 Å². The van der Waals surface area contributed by atoms with E-state index in [0.717, 1.165) is 27.5 Å². The van der Waals surface area contributed by atoms with Crippen LogP contribution in [0.4, 0.5) is 0 Å². The van der Waals surface area contributed by atoms with E-state index in [9.17, 15) is 0 Å². The highest BCUT2D eigenvalue weighted by molar-refractivity contribution is 7.26. The van der Waals surface area contributed by atoms with Gasteiger partial charge in [-0.2, -0.15) is 0 Å². The second-order valence-electron chi connectivity index (χ2n) is 8.26. The quantitative estimate of drug-likeness (QED) is 0.202. The van der Waals surface area contributed by atoms with Crippen molar-refractivity contribution in [1.29, 1.82) is 5.41 Å². The number of rotatable bonds is 3. The third-order valence-electron chi connectivity index (χ3n) is 6.04. The van der Waals surface area contributed by atoms with Gasteiger partial charge in [-0.3, -0.25) is 5.41 Å². The number of nitrogens with zero attached hydrogens (tertiary/aromatic N) is 2. The normalized spacial score (nSPS) is 12.2.